The minimum atomic E-state index is -0.561. The van der Waals surface area contributed by atoms with Gasteiger partial charge in [-0.25, -0.2) is 0 Å². The van der Waals surface area contributed by atoms with Crippen molar-refractivity contribution in [3.05, 3.63) is 0 Å². The van der Waals surface area contributed by atoms with E-state index in [0.29, 0.717) is 64.1 Å². The molecule has 1 aliphatic rings. The molecule has 414 valence electrons. The van der Waals surface area contributed by atoms with E-state index >= 15 is 0 Å². The van der Waals surface area contributed by atoms with Crippen LogP contribution in [0.2, 0.25) is 0 Å². The van der Waals surface area contributed by atoms with Crippen molar-refractivity contribution in [1.29, 1.82) is 0 Å². The van der Waals surface area contributed by atoms with E-state index in [9.17, 15) is 33.9 Å². The largest absolute Gasteiger partial charge is 0.466 e. The van der Waals surface area contributed by atoms with Crippen LogP contribution in [-0.4, -0.2) is 111 Å². The molecule has 0 aromatic heterocycles. The second-order valence-electron chi connectivity index (χ2n) is 20.1. The monoisotopic (exact) mass is 1010 g/mol. The summed E-state index contributed by atoms with van der Waals surface area (Å²) < 4.78 is 33.4. The topological polar surface area (TPSA) is 181 Å². The molecule has 1 atom stereocenters. The van der Waals surface area contributed by atoms with Crippen LogP contribution in [-0.2, 0) is 57.2 Å². The Morgan fingerprint density at radius 1 is 0.394 bits per heavy atom. The summed E-state index contributed by atoms with van der Waals surface area (Å²) in [5, 5.41) is 9.63. The van der Waals surface area contributed by atoms with Crippen molar-refractivity contribution in [2.45, 2.75) is 258 Å². The quantitative estimate of drug-likeness (QED) is 0.0345. The fourth-order valence-corrected chi connectivity index (χ4v) is 8.90. The van der Waals surface area contributed by atoms with Crippen LogP contribution in [0, 0.1) is 11.8 Å². The minimum Gasteiger partial charge on any atom is -0.466 e. The van der Waals surface area contributed by atoms with E-state index in [1.807, 2.05) is 0 Å². The zero-order chi connectivity index (χ0) is 51.8. The number of unbranched alkanes of at least 4 members (excludes halogenated alkanes) is 18. The fraction of sp³-hybridized carbons (Fsp3) is 0.895. The van der Waals surface area contributed by atoms with Gasteiger partial charge in [0, 0.05) is 57.0 Å². The Bertz CT molecular complexity index is 1310. The molecule has 0 aliphatic heterocycles. The predicted octanol–water partition coefficient (Wildman–Crippen LogP) is 12.3. The van der Waals surface area contributed by atoms with Crippen molar-refractivity contribution in [2.75, 3.05) is 59.3 Å². The van der Waals surface area contributed by atoms with E-state index < -0.39 is 11.9 Å². The van der Waals surface area contributed by atoms with Gasteiger partial charge in [-0.2, -0.15) is 0 Å². The SMILES string of the molecule is CCCCCCCCOC(=O)CCCCCCCC(=O)OCC(COC(=O)CCCCN(CCO)C1CCCCC1)COC(=O)CCCC(COC(=O)CCCCCCC)COC(=O)CCCCCCC. The van der Waals surface area contributed by atoms with Crippen LogP contribution in [0.5, 0.6) is 0 Å². The van der Waals surface area contributed by atoms with Crippen LogP contribution in [0.25, 0.3) is 0 Å². The zero-order valence-corrected chi connectivity index (χ0v) is 45.3. The molecule has 0 saturated heterocycles. The lowest BCUT2D eigenvalue weighted by Gasteiger charge is -2.34. The van der Waals surface area contributed by atoms with E-state index in [2.05, 4.69) is 25.7 Å². The summed E-state index contributed by atoms with van der Waals surface area (Å²) in [5.74, 6) is -2.73. The van der Waals surface area contributed by atoms with Gasteiger partial charge in [0.2, 0.25) is 0 Å². The van der Waals surface area contributed by atoms with Gasteiger partial charge in [0.05, 0.1) is 32.3 Å². The smallest absolute Gasteiger partial charge is 0.305 e. The Morgan fingerprint density at radius 2 is 0.732 bits per heavy atom. The molecule has 0 aromatic rings. The zero-order valence-electron chi connectivity index (χ0n) is 45.3. The third kappa shape index (κ3) is 40.9. The van der Waals surface area contributed by atoms with Crippen LogP contribution >= 0.6 is 0 Å². The Morgan fingerprint density at radius 3 is 1.14 bits per heavy atom. The molecule has 71 heavy (non-hydrogen) atoms. The molecule has 0 spiro atoms. The summed E-state index contributed by atoms with van der Waals surface area (Å²) in [6.45, 7) is 8.49. The third-order valence-electron chi connectivity index (χ3n) is 13.4. The number of rotatable bonds is 49. The Balaban J connectivity index is 2.66. The Hall–Kier alpha value is -3.26. The highest BCUT2D eigenvalue weighted by Gasteiger charge is 2.22. The van der Waals surface area contributed by atoms with Crippen LogP contribution in [0.15, 0.2) is 0 Å². The molecule has 14 heteroatoms. The van der Waals surface area contributed by atoms with Gasteiger partial charge in [-0.15, -0.1) is 0 Å². The lowest BCUT2D eigenvalue weighted by molar-refractivity contribution is -0.155. The molecular formula is C57H103NO13. The highest BCUT2D eigenvalue weighted by molar-refractivity contribution is 5.71. The summed E-state index contributed by atoms with van der Waals surface area (Å²) >= 11 is 0. The first-order chi connectivity index (χ1) is 34.6. The summed E-state index contributed by atoms with van der Waals surface area (Å²) in [4.78, 5) is 78.2. The van der Waals surface area contributed by atoms with Crippen molar-refractivity contribution >= 4 is 35.8 Å². The molecule has 14 nitrogen and oxygen atoms in total. The number of carbonyl (C=O) groups excluding carboxylic acids is 6. The number of esters is 6. The van der Waals surface area contributed by atoms with Crippen LogP contribution in [0.3, 0.4) is 0 Å². The number of carbonyl (C=O) groups is 6. The number of aliphatic hydroxyl groups is 1. The highest BCUT2D eigenvalue weighted by Crippen LogP contribution is 2.23. The third-order valence-corrected chi connectivity index (χ3v) is 13.4. The maximum atomic E-state index is 13.0. The first-order valence-corrected chi connectivity index (χ1v) is 28.9. The van der Waals surface area contributed by atoms with E-state index in [1.54, 1.807) is 0 Å². The molecule has 1 N–H and O–H groups in total. The van der Waals surface area contributed by atoms with E-state index in [-0.39, 0.29) is 94.7 Å². The van der Waals surface area contributed by atoms with Gasteiger partial charge in [-0.05, 0) is 77.2 Å². The number of hydrogen-bond acceptors (Lipinski definition) is 14. The normalized spacial score (nSPS) is 13.3. The molecule has 0 bridgehead atoms. The number of aliphatic hydroxyl groups excluding tert-OH is 1. The van der Waals surface area contributed by atoms with Gasteiger partial charge >= 0.3 is 35.8 Å². The predicted molar refractivity (Wildman–Crippen MR) is 278 cm³/mol. The fourth-order valence-electron chi connectivity index (χ4n) is 8.90. The standard InChI is InChI=1S/C57H103NO13/c1-4-7-10-13-19-29-43-66-52(60)34-25-17-14-18-26-37-55(63)69-46-50(47-70-56(64)38-27-28-40-58(41-42-59)51-32-21-20-22-33-51)48-71-57(65)39-30-31-49(44-67-53(61)35-23-15-11-8-5-2)45-68-54(62)36-24-16-12-9-6-3/h49-51,59H,4-48H2,1-3H3. The average Bonchev–Trinajstić information content (AvgIpc) is 3.37. The maximum absolute atomic E-state index is 13.0. The van der Waals surface area contributed by atoms with E-state index in [1.165, 1.54) is 44.9 Å². The first-order valence-electron chi connectivity index (χ1n) is 28.9. The van der Waals surface area contributed by atoms with Gasteiger partial charge in [-0.1, -0.05) is 143 Å². The van der Waals surface area contributed by atoms with Gasteiger partial charge in [0.1, 0.15) is 19.8 Å². The average molecular weight is 1010 g/mol. The summed E-state index contributed by atoms with van der Waals surface area (Å²) in [5.41, 5.74) is 0. The molecule has 0 radical (unpaired) electrons. The van der Waals surface area contributed by atoms with Crippen molar-refractivity contribution in [3.8, 4) is 0 Å². The molecular weight excluding hydrogens is 907 g/mol. The second kappa shape index (κ2) is 47.7. The molecule has 0 aromatic carbocycles. The van der Waals surface area contributed by atoms with Crippen molar-refractivity contribution in [2.24, 2.45) is 11.8 Å². The molecule has 1 saturated carbocycles. The first kappa shape index (κ1) is 65.8. The summed E-state index contributed by atoms with van der Waals surface area (Å²) in [6.07, 6.45) is 31.0. The molecule has 1 fully saturated rings. The van der Waals surface area contributed by atoms with E-state index in [0.717, 1.165) is 129 Å². The van der Waals surface area contributed by atoms with Crippen LogP contribution < -0.4 is 0 Å². The Kier molecular flexibility index (Phi) is 44.2. The van der Waals surface area contributed by atoms with E-state index in [4.69, 9.17) is 28.4 Å². The number of nitrogens with zero attached hydrogens (tertiary/aromatic N) is 1. The van der Waals surface area contributed by atoms with Crippen LogP contribution in [0.4, 0.5) is 0 Å². The van der Waals surface area contributed by atoms with Gasteiger partial charge < -0.3 is 33.5 Å². The van der Waals surface area contributed by atoms with Gasteiger partial charge in [0.15, 0.2) is 0 Å². The molecule has 1 aliphatic carbocycles. The molecule has 0 amide bonds. The van der Waals surface area contributed by atoms with Crippen LogP contribution in [0.1, 0.15) is 252 Å². The highest BCUT2D eigenvalue weighted by atomic mass is 16.6. The Labute approximate surface area is 430 Å². The molecule has 1 rings (SSSR count). The lowest BCUT2D eigenvalue weighted by atomic mass is 9.94. The molecule has 1 unspecified atom stereocenters. The minimum absolute atomic E-state index is 0.0739. The van der Waals surface area contributed by atoms with Gasteiger partial charge in [0.25, 0.3) is 0 Å². The number of ether oxygens (including phenoxy) is 6. The second-order valence-corrected chi connectivity index (χ2v) is 20.1. The lowest BCUT2D eigenvalue weighted by Crippen LogP contribution is -2.39. The summed E-state index contributed by atoms with van der Waals surface area (Å²) in [7, 11) is 0. The van der Waals surface area contributed by atoms with Crippen molar-refractivity contribution in [1.82, 2.24) is 4.90 Å². The van der Waals surface area contributed by atoms with Crippen molar-refractivity contribution in [3.63, 3.8) is 0 Å². The maximum Gasteiger partial charge on any atom is 0.305 e. The summed E-state index contributed by atoms with van der Waals surface area (Å²) in [6, 6.07) is 0.482. The van der Waals surface area contributed by atoms with Gasteiger partial charge in [-0.3, -0.25) is 33.7 Å². The van der Waals surface area contributed by atoms with Crippen molar-refractivity contribution < 1.29 is 62.3 Å². The number of hydrogen-bond donors (Lipinski definition) is 1. The molecule has 0 heterocycles.